The molecule has 2 N–H and O–H groups in total. The molecule has 1 aromatic carbocycles. The quantitative estimate of drug-likeness (QED) is 0.716. The van der Waals surface area contributed by atoms with Crippen LogP contribution in [0.15, 0.2) is 29.2 Å². The monoisotopic (exact) mass is 398 g/mol. The second-order valence-corrected chi connectivity index (χ2v) is 8.88. The van der Waals surface area contributed by atoms with Gasteiger partial charge in [-0.2, -0.15) is 4.31 Å². The van der Waals surface area contributed by atoms with E-state index >= 15 is 0 Å². The number of aliphatic carboxylic acids is 1. The zero-order chi connectivity index (χ0) is 20.2. The highest BCUT2D eigenvalue weighted by molar-refractivity contribution is 7.89. The summed E-state index contributed by atoms with van der Waals surface area (Å²) in [6.45, 7) is 3.77. The largest absolute Gasteiger partial charge is 0.497 e. The van der Waals surface area contributed by atoms with E-state index in [0.717, 1.165) is 0 Å². The zero-order valence-electron chi connectivity index (χ0n) is 15.7. The van der Waals surface area contributed by atoms with E-state index in [0.29, 0.717) is 25.1 Å². The van der Waals surface area contributed by atoms with Crippen LogP contribution in [0.5, 0.6) is 5.75 Å². The molecule has 9 heteroatoms. The molecule has 0 bridgehead atoms. The Hall–Kier alpha value is -2.13. The van der Waals surface area contributed by atoms with Gasteiger partial charge >= 0.3 is 5.97 Å². The van der Waals surface area contributed by atoms with Crippen molar-refractivity contribution in [3.05, 3.63) is 24.3 Å². The molecule has 0 saturated carbocycles. The molecule has 1 heterocycles. The maximum absolute atomic E-state index is 12.9. The number of piperidine rings is 1. The average molecular weight is 398 g/mol. The molecule has 150 valence electrons. The van der Waals surface area contributed by atoms with Crippen LogP contribution < -0.4 is 10.1 Å². The Morgan fingerprint density at radius 3 is 2.41 bits per heavy atom. The molecule has 1 saturated heterocycles. The molecule has 0 radical (unpaired) electrons. The lowest BCUT2D eigenvalue weighted by atomic mass is 9.97. The van der Waals surface area contributed by atoms with Crippen molar-refractivity contribution in [1.82, 2.24) is 9.62 Å². The van der Waals surface area contributed by atoms with Gasteiger partial charge < -0.3 is 15.2 Å². The molecule has 1 amide bonds. The summed E-state index contributed by atoms with van der Waals surface area (Å²) in [7, 11) is -2.23. The second-order valence-electron chi connectivity index (χ2n) is 6.95. The van der Waals surface area contributed by atoms with Gasteiger partial charge in [0, 0.05) is 13.1 Å². The first-order chi connectivity index (χ1) is 12.7. The fraction of sp³-hybridized carbons (Fsp3) is 0.556. The third-order valence-electron chi connectivity index (χ3n) is 4.68. The van der Waals surface area contributed by atoms with Crippen LogP contribution in [0.4, 0.5) is 0 Å². The fourth-order valence-corrected chi connectivity index (χ4v) is 4.58. The number of carboxylic acid groups (broad SMARTS) is 1. The molecule has 0 aliphatic carbocycles. The van der Waals surface area contributed by atoms with Crippen LogP contribution in [0.3, 0.4) is 0 Å². The van der Waals surface area contributed by atoms with Crippen molar-refractivity contribution in [2.45, 2.75) is 37.6 Å². The Morgan fingerprint density at radius 1 is 1.26 bits per heavy atom. The van der Waals surface area contributed by atoms with E-state index < -0.39 is 33.9 Å². The lowest BCUT2D eigenvalue weighted by Gasteiger charge is -2.32. The summed E-state index contributed by atoms with van der Waals surface area (Å²) in [4.78, 5) is 23.9. The zero-order valence-corrected chi connectivity index (χ0v) is 16.5. The van der Waals surface area contributed by atoms with Crippen molar-refractivity contribution < 1.29 is 27.9 Å². The Kier molecular flexibility index (Phi) is 6.83. The number of amides is 1. The fourth-order valence-electron chi connectivity index (χ4n) is 3.06. The molecule has 0 spiro atoms. The van der Waals surface area contributed by atoms with Crippen molar-refractivity contribution in [3.8, 4) is 5.75 Å². The summed E-state index contributed by atoms with van der Waals surface area (Å²) in [6, 6.07) is 5.09. The van der Waals surface area contributed by atoms with Crippen LogP contribution in [0, 0.1) is 11.8 Å². The summed E-state index contributed by atoms with van der Waals surface area (Å²) in [5.41, 5.74) is 0. The van der Waals surface area contributed by atoms with E-state index in [9.17, 15) is 23.1 Å². The van der Waals surface area contributed by atoms with Crippen LogP contribution in [0.2, 0.25) is 0 Å². The molecule has 1 unspecified atom stereocenters. The van der Waals surface area contributed by atoms with Gasteiger partial charge in [-0.1, -0.05) is 13.8 Å². The number of hydrogen-bond donors (Lipinski definition) is 2. The Morgan fingerprint density at radius 2 is 1.89 bits per heavy atom. The number of carbonyl (C=O) groups excluding carboxylic acids is 1. The third-order valence-corrected chi connectivity index (χ3v) is 6.56. The van der Waals surface area contributed by atoms with E-state index in [1.54, 1.807) is 26.0 Å². The maximum Gasteiger partial charge on any atom is 0.326 e. The normalized spacial score (nSPS) is 19.5. The summed E-state index contributed by atoms with van der Waals surface area (Å²) >= 11 is 0. The van der Waals surface area contributed by atoms with E-state index in [4.69, 9.17) is 4.74 Å². The van der Waals surface area contributed by atoms with Crippen LogP contribution in [0.25, 0.3) is 0 Å². The lowest BCUT2D eigenvalue weighted by molar-refractivity contribution is -0.144. The Balaban J connectivity index is 2.12. The standard InChI is InChI=1S/C18H26N2O6S/c1-12(2)16(18(22)23)19-17(21)13-5-4-10-20(11-13)27(24,25)15-8-6-14(26-3)7-9-15/h6-9,12-13,16H,4-5,10-11H2,1-3H3,(H,19,21)(H,22,23)/t13?,16-/m0/s1. The highest BCUT2D eigenvalue weighted by Crippen LogP contribution is 2.25. The van der Waals surface area contributed by atoms with Gasteiger partial charge in [-0.25, -0.2) is 13.2 Å². The van der Waals surface area contributed by atoms with Crippen LogP contribution in [-0.4, -0.2) is 55.9 Å². The van der Waals surface area contributed by atoms with Crippen molar-refractivity contribution in [1.29, 1.82) is 0 Å². The van der Waals surface area contributed by atoms with Gasteiger partial charge in [0.1, 0.15) is 11.8 Å². The summed E-state index contributed by atoms with van der Waals surface area (Å²) < 4.78 is 32.0. The van der Waals surface area contributed by atoms with E-state index in [1.807, 2.05) is 0 Å². The predicted octanol–water partition coefficient (Wildman–Crippen LogP) is 1.32. The number of sulfonamides is 1. The molecule has 1 fully saturated rings. The van der Waals surface area contributed by atoms with Crippen molar-refractivity contribution >= 4 is 21.9 Å². The highest BCUT2D eigenvalue weighted by Gasteiger charge is 2.35. The molecule has 0 aromatic heterocycles. The van der Waals surface area contributed by atoms with E-state index in [2.05, 4.69) is 5.32 Å². The lowest BCUT2D eigenvalue weighted by Crippen LogP contribution is -2.50. The molecular formula is C18H26N2O6S. The van der Waals surface area contributed by atoms with Gasteiger partial charge in [0.2, 0.25) is 15.9 Å². The van der Waals surface area contributed by atoms with Crippen molar-refractivity contribution in [3.63, 3.8) is 0 Å². The van der Waals surface area contributed by atoms with Gasteiger partial charge in [0.05, 0.1) is 17.9 Å². The highest BCUT2D eigenvalue weighted by atomic mass is 32.2. The number of methoxy groups -OCH3 is 1. The van der Waals surface area contributed by atoms with Gasteiger partial charge in [0.25, 0.3) is 0 Å². The minimum atomic E-state index is -3.73. The predicted molar refractivity (Wildman–Crippen MR) is 98.9 cm³/mol. The van der Waals surface area contributed by atoms with Crippen LogP contribution in [-0.2, 0) is 19.6 Å². The number of nitrogens with one attached hydrogen (secondary N) is 1. The first-order valence-corrected chi connectivity index (χ1v) is 10.3. The second kappa shape index (κ2) is 8.71. The number of nitrogens with zero attached hydrogens (tertiary/aromatic N) is 1. The number of rotatable bonds is 7. The smallest absolute Gasteiger partial charge is 0.326 e. The number of carbonyl (C=O) groups is 2. The molecule has 1 aliphatic rings. The number of carboxylic acids is 1. The van der Waals surface area contributed by atoms with Crippen molar-refractivity contribution in [2.24, 2.45) is 11.8 Å². The van der Waals surface area contributed by atoms with Gasteiger partial charge in [-0.3, -0.25) is 4.79 Å². The maximum atomic E-state index is 12.9. The van der Waals surface area contributed by atoms with Crippen LogP contribution in [0.1, 0.15) is 26.7 Å². The molecule has 1 aromatic rings. The number of ether oxygens (including phenoxy) is 1. The number of benzene rings is 1. The number of hydrogen-bond acceptors (Lipinski definition) is 5. The SMILES string of the molecule is COc1ccc(S(=O)(=O)N2CCCC(C(=O)N[C@H](C(=O)O)C(C)C)C2)cc1. The van der Waals surface area contributed by atoms with E-state index in [-0.39, 0.29) is 17.4 Å². The minimum Gasteiger partial charge on any atom is -0.497 e. The van der Waals surface area contributed by atoms with Gasteiger partial charge in [-0.05, 0) is 43.0 Å². The minimum absolute atomic E-state index is 0.0324. The topological polar surface area (TPSA) is 113 Å². The molecule has 1 aliphatic heterocycles. The molecule has 2 rings (SSSR count). The Labute approximate surface area is 159 Å². The van der Waals surface area contributed by atoms with E-state index in [1.165, 1.54) is 23.5 Å². The Bertz CT molecular complexity index is 776. The summed E-state index contributed by atoms with van der Waals surface area (Å²) in [5.74, 6) is -1.82. The molecular weight excluding hydrogens is 372 g/mol. The van der Waals surface area contributed by atoms with Gasteiger partial charge in [-0.15, -0.1) is 0 Å². The average Bonchev–Trinajstić information content (AvgIpc) is 2.65. The molecule has 27 heavy (non-hydrogen) atoms. The molecule has 8 nitrogen and oxygen atoms in total. The third kappa shape index (κ3) is 4.98. The van der Waals surface area contributed by atoms with Crippen molar-refractivity contribution in [2.75, 3.05) is 20.2 Å². The first-order valence-electron chi connectivity index (χ1n) is 8.84. The summed E-state index contributed by atoms with van der Waals surface area (Å²) in [6.07, 6.45) is 1.05. The van der Waals surface area contributed by atoms with Gasteiger partial charge in [0.15, 0.2) is 0 Å². The summed E-state index contributed by atoms with van der Waals surface area (Å²) in [5, 5.41) is 11.8. The van der Waals surface area contributed by atoms with Crippen LogP contribution >= 0.6 is 0 Å². The first kappa shape index (κ1) is 21.2. The molecule has 2 atom stereocenters.